The van der Waals surface area contributed by atoms with Gasteiger partial charge in [-0.15, -0.1) is 0 Å². The van der Waals surface area contributed by atoms with Crippen LogP contribution in [-0.2, 0) is 6.54 Å². The number of amides is 1. The van der Waals surface area contributed by atoms with Crippen LogP contribution < -0.4 is 4.74 Å². The van der Waals surface area contributed by atoms with Gasteiger partial charge in [0.15, 0.2) is 0 Å². The number of likely N-dealkylation sites (tertiary alicyclic amines) is 2. The minimum absolute atomic E-state index is 0.183. The molecule has 0 N–H and O–H groups in total. The molecule has 3 fully saturated rings. The highest BCUT2D eigenvalue weighted by Crippen LogP contribution is 2.35. The van der Waals surface area contributed by atoms with Gasteiger partial charge in [0.25, 0.3) is 5.91 Å². The average molecular weight is 448 g/mol. The molecule has 3 heterocycles. The van der Waals surface area contributed by atoms with E-state index in [-0.39, 0.29) is 12.0 Å². The van der Waals surface area contributed by atoms with Crippen molar-refractivity contribution in [1.29, 1.82) is 0 Å². The molecule has 1 aromatic carbocycles. The minimum atomic E-state index is 0.183. The summed E-state index contributed by atoms with van der Waals surface area (Å²) in [5, 5.41) is 0. The maximum Gasteiger partial charge on any atom is 0.253 e. The molecular weight excluding hydrogens is 410 g/mol. The second-order valence-electron chi connectivity index (χ2n) is 10.1. The first-order valence-electron chi connectivity index (χ1n) is 12.9. The maximum absolute atomic E-state index is 13.0. The second kappa shape index (κ2) is 10.7. The summed E-state index contributed by atoms with van der Waals surface area (Å²) < 4.78 is 6.24. The predicted octanol–water partition coefficient (Wildman–Crippen LogP) is 5.17. The Labute approximate surface area is 198 Å². The molecule has 2 aromatic rings. The zero-order valence-electron chi connectivity index (χ0n) is 19.7. The van der Waals surface area contributed by atoms with E-state index in [1.54, 1.807) is 0 Å². The first-order chi connectivity index (χ1) is 16.2. The Morgan fingerprint density at radius 1 is 0.879 bits per heavy atom. The fraction of sp³-hybridized carbons (Fsp3) is 0.571. The number of piperidine rings is 1. The largest absolute Gasteiger partial charge is 0.490 e. The number of ether oxygens (including phenoxy) is 1. The van der Waals surface area contributed by atoms with Crippen LogP contribution in [0.5, 0.6) is 5.75 Å². The van der Waals surface area contributed by atoms with Crippen molar-refractivity contribution in [2.45, 2.75) is 64.0 Å². The van der Waals surface area contributed by atoms with Crippen molar-refractivity contribution in [3.8, 4) is 5.75 Å². The lowest BCUT2D eigenvalue weighted by atomic mass is 9.80. The predicted molar refractivity (Wildman–Crippen MR) is 130 cm³/mol. The summed E-state index contributed by atoms with van der Waals surface area (Å²) in [5.41, 5.74) is 1.91. The zero-order chi connectivity index (χ0) is 22.5. The van der Waals surface area contributed by atoms with Crippen molar-refractivity contribution in [2.24, 2.45) is 11.8 Å². The van der Waals surface area contributed by atoms with E-state index in [0.717, 1.165) is 68.5 Å². The van der Waals surface area contributed by atoms with Gasteiger partial charge in [-0.2, -0.15) is 0 Å². The van der Waals surface area contributed by atoms with Crippen LogP contribution in [0.25, 0.3) is 0 Å². The average Bonchev–Trinajstić information content (AvgIpc) is 3.37. The van der Waals surface area contributed by atoms with Crippen LogP contribution in [0.1, 0.15) is 67.4 Å². The molecule has 1 saturated carbocycles. The third-order valence-corrected chi connectivity index (χ3v) is 7.88. The fourth-order valence-corrected chi connectivity index (χ4v) is 5.92. The summed E-state index contributed by atoms with van der Waals surface area (Å²) in [7, 11) is 0. The fourth-order valence-electron chi connectivity index (χ4n) is 5.92. The molecule has 2 aliphatic heterocycles. The lowest BCUT2D eigenvalue weighted by molar-refractivity contribution is 0.0779. The maximum atomic E-state index is 13.0. The normalized spacial score (nSPS) is 23.0. The second-order valence-corrected chi connectivity index (χ2v) is 10.1. The number of rotatable bonds is 6. The van der Waals surface area contributed by atoms with Crippen LogP contribution >= 0.6 is 0 Å². The Bertz CT molecular complexity index is 887. The van der Waals surface area contributed by atoms with Crippen LogP contribution in [0, 0.1) is 11.8 Å². The van der Waals surface area contributed by atoms with Gasteiger partial charge in [-0.3, -0.25) is 14.7 Å². The monoisotopic (exact) mass is 447 g/mol. The number of carbonyl (C=O) groups is 1. The van der Waals surface area contributed by atoms with Crippen LogP contribution in [0.3, 0.4) is 0 Å². The van der Waals surface area contributed by atoms with Crippen molar-refractivity contribution >= 4 is 5.91 Å². The van der Waals surface area contributed by atoms with E-state index in [1.807, 2.05) is 42.6 Å². The quantitative estimate of drug-likeness (QED) is 0.613. The summed E-state index contributed by atoms with van der Waals surface area (Å²) in [6, 6.07) is 13.9. The molecule has 0 bridgehead atoms. The standard InChI is InChI=1S/C28H37N3O2/c32-28(31-19-13-24(20-31)22-6-2-1-3-7-22)23-9-11-26(12-10-23)33-27-14-17-30(18-15-27)21-25-8-4-5-16-29-25/h4-5,8-12,16,22,24,27H,1-3,6-7,13-15,17-21H2/t24-/m0/s1. The molecular formula is C28H37N3O2. The Morgan fingerprint density at radius 2 is 1.67 bits per heavy atom. The topological polar surface area (TPSA) is 45.7 Å². The van der Waals surface area contributed by atoms with Gasteiger partial charge in [0.1, 0.15) is 11.9 Å². The van der Waals surface area contributed by atoms with Crippen molar-refractivity contribution in [2.75, 3.05) is 26.2 Å². The van der Waals surface area contributed by atoms with Gasteiger partial charge >= 0.3 is 0 Å². The summed E-state index contributed by atoms with van der Waals surface area (Å²) in [6.07, 6.45) is 12.2. The first kappa shape index (κ1) is 22.4. The number of benzene rings is 1. The molecule has 5 nitrogen and oxygen atoms in total. The molecule has 1 aromatic heterocycles. The number of pyridine rings is 1. The number of nitrogens with zero attached hydrogens (tertiary/aromatic N) is 3. The van der Waals surface area contributed by atoms with Gasteiger partial charge in [0.05, 0.1) is 5.69 Å². The van der Waals surface area contributed by atoms with Gasteiger partial charge < -0.3 is 9.64 Å². The Balaban J connectivity index is 1.08. The smallest absolute Gasteiger partial charge is 0.253 e. The summed E-state index contributed by atoms with van der Waals surface area (Å²) in [6.45, 7) is 4.81. The molecule has 0 spiro atoms. The molecule has 1 aliphatic carbocycles. The Hall–Kier alpha value is -2.40. The van der Waals surface area contributed by atoms with Crippen molar-refractivity contribution in [1.82, 2.24) is 14.8 Å². The van der Waals surface area contributed by atoms with Crippen LogP contribution in [0.15, 0.2) is 48.7 Å². The van der Waals surface area contributed by atoms with Crippen molar-refractivity contribution < 1.29 is 9.53 Å². The third kappa shape index (κ3) is 5.75. The number of hydrogen-bond donors (Lipinski definition) is 0. The highest BCUT2D eigenvalue weighted by molar-refractivity contribution is 5.94. The molecule has 1 amide bonds. The van der Waals surface area contributed by atoms with E-state index in [9.17, 15) is 4.79 Å². The van der Waals surface area contributed by atoms with Gasteiger partial charge in [-0.05, 0) is 67.5 Å². The highest BCUT2D eigenvalue weighted by Gasteiger charge is 2.32. The first-order valence-corrected chi connectivity index (χ1v) is 12.9. The van der Waals surface area contributed by atoms with Crippen molar-refractivity contribution in [3.05, 3.63) is 59.9 Å². The molecule has 2 saturated heterocycles. The molecule has 1 atom stereocenters. The lowest BCUT2D eigenvalue weighted by Crippen LogP contribution is -2.38. The van der Waals surface area contributed by atoms with Gasteiger partial charge in [0, 0.05) is 44.5 Å². The zero-order valence-corrected chi connectivity index (χ0v) is 19.7. The van der Waals surface area contributed by atoms with Gasteiger partial charge in [-0.25, -0.2) is 0 Å². The highest BCUT2D eigenvalue weighted by atomic mass is 16.5. The van der Waals surface area contributed by atoms with E-state index in [2.05, 4.69) is 20.9 Å². The molecule has 33 heavy (non-hydrogen) atoms. The number of aromatic nitrogens is 1. The molecule has 176 valence electrons. The van der Waals surface area contributed by atoms with Crippen LogP contribution in [0.4, 0.5) is 0 Å². The van der Waals surface area contributed by atoms with Crippen LogP contribution in [0.2, 0.25) is 0 Å². The minimum Gasteiger partial charge on any atom is -0.490 e. The molecule has 5 heteroatoms. The van der Waals surface area contributed by atoms with E-state index < -0.39 is 0 Å². The third-order valence-electron chi connectivity index (χ3n) is 7.88. The van der Waals surface area contributed by atoms with Gasteiger partial charge in [0.2, 0.25) is 0 Å². The molecule has 0 unspecified atom stereocenters. The van der Waals surface area contributed by atoms with Gasteiger partial charge in [-0.1, -0.05) is 38.2 Å². The molecule has 5 rings (SSSR count). The van der Waals surface area contributed by atoms with Crippen LogP contribution in [-0.4, -0.2) is 53.0 Å². The number of hydrogen-bond acceptors (Lipinski definition) is 4. The van der Waals surface area contributed by atoms with E-state index in [0.29, 0.717) is 5.92 Å². The van der Waals surface area contributed by atoms with E-state index in [4.69, 9.17) is 4.74 Å². The summed E-state index contributed by atoms with van der Waals surface area (Å²) in [5.74, 6) is 2.60. The van der Waals surface area contributed by atoms with Crippen molar-refractivity contribution in [3.63, 3.8) is 0 Å². The van der Waals surface area contributed by atoms with E-state index >= 15 is 0 Å². The Morgan fingerprint density at radius 3 is 2.39 bits per heavy atom. The summed E-state index contributed by atoms with van der Waals surface area (Å²) >= 11 is 0. The lowest BCUT2D eigenvalue weighted by Gasteiger charge is -2.32. The SMILES string of the molecule is O=C(c1ccc(OC2CCN(Cc3ccccn3)CC2)cc1)N1CC[C@H](C2CCCCC2)C1. The summed E-state index contributed by atoms with van der Waals surface area (Å²) in [4.78, 5) is 22.0. The van der Waals surface area contributed by atoms with E-state index in [1.165, 1.54) is 38.5 Å². The molecule has 0 radical (unpaired) electrons. The Kier molecular flexibility index (Phi) is 7.25. The number of carbonyl (C=O) groups excluding carboxylic acids is 1. The molecule has 3 aliphatic rings.